The molecule has 0 unspecified atom stereocenters. The molecule has 0 spiro atoms. The Hall–Kier alpha value is -2.06. The first kappa shape index (κ1) is 11.4. The number of nitriles is 1. The maximum atomic E-state index is 8.82. The van der Waals surface area contributed by atoms with Crippen molar-refractivity contribution >= 4 is 0 Å². The molecule has 2 heterocycles. The molecule has 2 aromatic heterocycles. The van der Waals surface area contributed by atoms with Gasteiger partial charge in [-0.1, -0.05) is 5.16 Å². The molecule has 0 aliphatic carbocycles. The highest BCUT2D eigenvalue weighted by atomic mass is 16.5. The van der Waals surface area contributed by atoms with E-state index in [0.29, 0.717) is 18.8 Å². The molecule has 0 aliphatic rings. The van der Waals surface area contributed by atoms with Gasteiger partial charge in [0.2, 0.25) is 0 Å². The molecule has 0 fully saturated rings. The van der Waals surface area contributed by atoms with Crippen LogP contribution in [0, 0.1) is 18.3 Å². The Labute approximate surface area is 99.6 Å². The fourth-order valence-electron chi connectivity index (χ4n) is 1.68. The minimum absolute atomic E-state index is 0.661. The Bertz CT molecular complexity index is 547. The number of nitrogens with zero attached hydrogens (tertiary/aromatic N) is 3. The van der Waals surface area contributed by atoms with Gasteiger partial charge in [0.05, 0.1) is 5.69 Å². The summed E-state index contributed by atoms with van der Waals surface area (Å²) in [7, 11) is 1.86. The summed E-state index contributed by atoms with van der Waals surface area (Å²) in [6, 6.07) is 5.91. The van der Waals surface area contributed by atoms with Crippen molar-refractivity contribution in [3.05, 3.63) is 41.0 Å². The molecule has 1 N–H and O–H groups in total. The second-order valence-electron chi connectivity index (χ2n) is 3.99. The van der Waals surface area contributed by atoms with Crippen LogP contribution >= 0.6 is 0 Å². The zero-order valence-electron chi connectivity index (χ0n) is 9.90. The van der Waals surface area contributed by atoms with E-state index in [-0.39, 0.29) is 0 Å². The molecular weight excluding hydrogens is 216 g/mol. The summed E-state index contributed by atoms with van der Waals surface area (Å²) in [5.74, 6) is 0.813. The minimum Gasteiger partial charge on any atom is -0.361 e. The van der Waals surface area contributed by atoms with Gasteiger partial charge in [-0.05, 0) is 18.6 Å². The van der Waals surface area contributed by atoms with Crippen molar-refractivity contribution in [1.82, 2.24) is 15.0 Å². The highest BCUT2D eigenvalue weighted by Gasteiger charge is 2.03. The van der Waals surface area contributed by atoms with Gasteiger partial charge in [0.15, 0.2) is 0 Å². The third-order valence-corrected chi connectivity index (χ3v) is 2.49. The smallest absolute Gasteiger partial charge is 0.133 e. The molecule has 2 rings (SSSR count). The first-order valence-electron chi connectivity index (χ1n) is 5.37. The van der Waals surface area contributed by atoms with Gasteiger partial charge in [-0.2, -0.15) is 5.26 Å². The highest BCUT2D eigenvalue weighted by Crippen LogP contribution is 2.06. The fourth-order valence-corrected chi connectivity index (χ4v) is 1.68. The number of hydrogen-bond donors (Lipinski definition) is 1. The molecule has 0 saturated heterocycles. The van der Waals surface area contributed by atoms with Crippen molar-refractivity contribution in [2.75, 3.05) is 0 Å². The number of nitrogens with one attached hydrogen (secondary N) is 1. The van der Waals surface area contributed by atoms with Crippen LogP contribution in [0.3, 0.4) is 0 Å². The Balaban J connectivity index is 1.88. The molecule has 0 saturated carbocycles. The van der Waals surface area contributed by atoms with E-state index in [4.69, 9.17) is 9.78 Å². The van der Waals surface area contributed by atoms with Gasteiger partial charge in [0.25, 0.3) is 0 Å². The summed E-state index contributed by atoms with van der Waals surface area (Å²) in [6.45, 7) is 3.24. The summed E-state index contributed by atoms with van der Waals surface area (Å²) >= 11 is 0. The topological polar surface area (TPSA) is 66.8 Å². The number of rotatable bonds is 4. The predicted octanol–water partition coefficient (Wildman–Crippen LogP) is 1.48. The molecule has 0 radical (unpaired) electrons. The van der Waals surface area contributed by atoms with Gasteiger partial charge >= 0.3 is 0 Å². The largest absolute Gasteiger partial charge is 0.361 e. The molecule has 5 heteroatoms. The maximum Gasteiger partial charge on any atom is 0.133 e. The van der Waals surface area contributed by atoms with Crippen LogP contribution in [0.25, 0.3) is 0 Å². The normalized spacial score (nSPS) is 10.4. The highest BCUT2D eigenvalue weighted by molar-refractivity contribution is 5.28. The molecule has 0 aromatic carbocycles. The van der Waals surface area contributed by atoms with Gasteiger partial charge in [-0.15, -0.1) is 0 Å². The first-order chi connectivity index (χ1) is 8.19. The quantitative estimate of drug-likeness (QED) is 0.864. The summed E-state index contributed by atoms with van der Waals surface area (Å²) in [6.07, 6.45) is 1.94. The van der Waals surface area contributed by atoms with Gasteiger partial charge < -0.3 is 14.4 Å². The van der Waals surface area contributed by atoms with Crippen molar-refractivity contribution in [3.63, 3.8) is 0 Å². The van der Waals surface area contributed by atoms with Gasteiger partial charge in [0, 0.05) is 32.4 Å². The van der Waals surface area contributed by atoms with Crippen LogP contribution in [0.4, 0.5) is 0 Å². The van der Waals surface area contributed by atoms with Crippen molar-refractivity contribution < 1.29 is 4.52 Å². The van der Waals surface area contributed by atoms with E-state index in [1.54, 1.807) is 0 Å². The monoisotopic (exact) mass is 230 g/mol. The van der Waals surface area contributed by atoms with Crippen LogP contribution in [0.2, 0.25) is 0 Å². The number of aryl methyl sites for hydroxylation is 2. The van der Waals surface area contributed by atoms with Crippen LogP contribution in [0.15, 0.2) is 22.9 Å². The molecule has 88 valence electrons. The van der Waals surface area contributed by atoms with Crippen LogP contribution in [0.1, 0.15) is 22.7 Å². The third kappa shape index (κ3) is 2.74. The van der Waals surface area contributed by atoms with E-state index >= 15 is 0 Å². The van der Waals surface area contributed by atoms with Crippen molar-refractivity contribution in [3.8, 4) is 6.07 Å². The van der Waals surface area contributed by atoms with Crippen molar-refractivity contribution in [2.45, 2.75) is 20.0 Å². The van der Waals surface area contributed by atoms with E-state index in [2.05, 4.69) is 16.5 Å². The molecule has 0 bridgehead atoms. The zero-order chi connectivity index (χ0) is 12.3. The lowest BCUT2D eigenvalue weighted by Crippen LogP contribution is -2.12. The molecule has 5 nitrogen and oxygen atoms in total. The maximum absolute atomic E-state index is 8.82. The van der Waals surface area contributed by atoms with E-state index in [1.165, 1.54) is 0 Å². The third-order valence-electron chi connectivity index (χ3n) is 2.49. The number of hydrogen-bond acceptors (Lipinski definition) is 4. The second kappa shape index (κ2) is 4.85. The second-order valence-corrected chi connectivity index (χ2v) is 3.99. The lowest BCUT2D eigenvalue weighted by molar-refractivity contribution is 0.388. The van der Waals surface area contributed by atoms with Crippen LogP contribution in [-0.4, -0.2) is 9.72 Å². The molecule has 0 amide bonds. The van der Waals surface area contributed by atoms with Crippen LogP contribution in [0.5, 0.6) is 0 Å². The average molecular weight is 230 g/mol. The molecule has 2 aromatic rings. The van der Waals surface area contributed by atoms with Crippen LogP contribution < -0.4 is 5.32 Å². The first-order valence-corrected chi connectivity index (χ1v) is 5.37. The Morgan fingerprint density at radius 1 is 1.47 bits per heavy atom. The summed E-state index contributed by atoms with van der Waals surface area (Å²) < 4.78 is 6.79. The Morgan fingerprint density at radius 2 is 2.29 bits per heavy atom. The summed E-state index contributed by atoms with van der Waals surface area (Å²) in [5.41, 5.74) is 2.64. The Morgan fingerprint density at radius 3 is 2.88 bits per heavy atom. The van der Waals surface area contributed by atoms with Gasteiger partial charge in [-0.3, -0.25) is 0 Å². The van der Waals surface area contributed by atoms with E-state index in [1.807, 2.05) is 36.9 Å². The van der Waals surface area contributed by atoms with E-state index < -0.39 is 0 Å². The van der Waals surface area contributed by atoms with E-state index in [9.17, 15) is 0 Å². The zero-order valence-corrected chi connectivity index (χ0v) is 9.90. The number of aromatic nitrogens is 2. The lowest BCUT2D eigenvalue weighted by atomic mass is 10.3. The Kier molecular flexibility index (Phi) is 3.26. The van der Waals surface area contributed by atoms with Gasteiger partial charge in [0.1, 0.15) is 17.5 Å². The standard InChI is InChI=1S/C12H14N4O/c1-9-3-11(15-17-9)7-14-6-10-4-12(5-13)16(2)8-10/h3-4,8,14H,6-7H2,1-2H3. The SMILES string of the molecule is Cc1cc(CNCc2cc(C#N)n(C)c2)no1. The van der Waals surface area contributed by atoms with E-state index in [0.717, 1.165) is 17.0 Å². The summed E-state index contributed by atoms with van der Waals surface area (Å²) in [4.78, 5) is 0. The molecular formula is C12H14N4O. The minimum atomic E-state index is 0.661. The van der Waals surface area contributed by atoms with Crippen LogP contribution in [-0.2, 0) is 20.1 Å². The van der Waals surface area contributed by atoms with Crippen molar-refractivity contribution in [1.29, 1.82) is 5.26 Å². The molecule has 17 heavy (non-hydrogen) atoms. The molecule has 0 atom stereocenters. The van der Waals surface area contributed by atoms with Gasteiger partial charge in [-0.25, -0.2) is 0 Å². The fraction of sp³-hybridized carbons (Fsp3) is 0.333. The average Bonchev–Trinajstić information content (AvgIpc) is 2.85. The lowest BCUT2D eigenvalue weighted by Gasteiger charge is -1.98. The molecule has 0 aliphatic heterocycles. The summed E-state index contributed by atoms with van der Waals surface area (Å²) in [5, 5.41) is 16.0. The predicted molar refractivity (Wildman–Crippen MR) is 61.9 cm³/mol. The van der Waals surface area contributed by atoms with Crippen molar-refractivity contribution in [2.24, 2.45) is 7.05 Å².